The molecule has 7 nitrogen and oxygen atoms in total. The fourth-order valence-electron chi connectivity index (χ4n) is 2.53. The maximum Gasteiger partial charge on any atom is 0.260 e. The van der Waals surface area contributed by atoms with Gasteiger partial charge < -0.3 is 4.90 Å². The van der Waals surface area contributed by atoms with Gasteiger partial charge in [-0.25, -0.2) is 13.8 Å². The zero-order valence-electron chi connectivity index (χ0n) is 14.6. The number of likely N-dealkylation sites (tertiary alicyclic amines) is 1. The molecule has 0 aromatic heterocycles. The molecule has 0 unspecified atom stereocenters. The van der Waals surface area contributed by atoms with Gasteiger partial charge in [-0.1, -0.05) is 17.7 Å². The first-order valence-corrected chi connectivity index (χ1v) is 10.2. The van der Waals surface area contributed by atoms with Crippen molar-refractivity contribution in [2.24, 2.45) is 5.10 Å². The zero-order valence-corrected chi connectivity index (χ0v) is 16.2. The van der Waals surface area contributed by atoms with Crippen molar-refractivity contribution in [2.45, 2.75) is 19.8 Å². The lowest BCUT2D eigenvalue weighted by molar-refractivity contribution is -0.119. The van der Waals surface area contributed by atoms with E-state index in [1.165, 1.54) is 6.07 Å². The summed E-state index contributed by atoms with van der Waals surface area (Å²) in [4.78, 5) is 14.4. The Hall–Kier alpha value is -1.64. The summed E-state index contributed by atoms with van der Waals surface area (Å²) in [6, 6.07) is 4.92. The van der Waals surface area contributed by atoms with E-state index in [1.54, 1.807) is 19.1 Å². The molecule has 1 aromatic rings. The molecular weight excluding hydrogens is 364 g/mol. The number of amides is 1. The van der Waals surface area contributed by atoms with Gasteiger partial charge >= 0.3 is 0 Å². The van der Waals surface area contributed by atoms with Crippen LogP contribution in [0.2, 0.25) is 5.02 Å². The molecule has 25 heavy (non-hydrogen) atoms. The van der Waals surface area contributed by atoms with Gasteiger partial charge in [0, 0.05) is 36.7 Å². The van der Waals surface area contributed by atoms with Gasteiger partial charge in [-0.15, -0.1) is 0 Å². The normalized spacial score (nSPS) is 15.8. The number of halogens is 1. The maximum atomic E-state index is 12.2. The predicted molar refractivity (Wildman–Crippen MR) is 101 cm³/mol. The number of benzene rings is 1. The monoisotopic (exact) mass is 386 g/mol. The van der Waals surface area contributed by atoms with Crippen molar-refractivity contribution >= 4 is 38.9 Å². The number of anilines is 1. The molecule has 2 rings (SSSR count). The topological polar surface area (TPSA) is 82.1 Å². The van der Waals surface area contributed by atoms with Crippen molar-refractivity contribution in [2.75, 3.05) is 37.2 Å². The number of nitrogens with one attached hydrogen (secondary N) is 1. The van der Waals surface area contributed by atoms with E-state index in [1.807, 2.05) is 7.05 Å². The van der Waals surface area contributed by atoms with Gasteiger partial charge in [0.25, 0.3) is 5.91 Å². The Morgan fingerprint density at radius 3 is 2.60 bits per heavy atom. The van der Waals surface area contributed by atoms with E-state index >= 15 is 0 Å². The standard InChI is InChI=1S/C16H23ClN4O3S/c1-12-4-5-13(17)10-15(12)21(25(3,23)24)11-16(22)19-18-14-6-8-20(2)9-7-14/h4-5,10H,6-9,11H2,1-3H3,(H,19,22). The van der Waals surface area contributed by atoms with Gasteiger partial charge in [-0.05, 0) is 31.7 Å². The molecule has 0 radical (unpaired) electrons. The van der Waals surface area contributed by atoms with Crippen LogP contribution in [-0.4, -0.2) is 57.9 Å². The highest BCUT2D eigenvalue weighted by Crippen LogP contribution is 2.26. The van der Waals surface area contributed by atoms with Crippen molar-refractivity contribution in [1.29, 1.82) is 0 Å². The van der Waals surface area contributed by atoms with Crippen LogP contribution in [0.1, 0.15) is 18.4 Å². The number of piperidine rings is 1. The van der Waals surface area contributed by atoms with Crippen LogP contribution in [0.5, 0.6) is 0 Å². The minimum Gasteiger partial charge on any atom is -0.306 e. The fourth-order valence-corrected chi connectivity index (χ4v) is 3.60. The summed E-state index contributed by atoms with van der Waals surface area (Å²) >= 11 is 5.97. The highest BCUT2D eigenvalue weighted by molar-refractivity contribution is 7.92. The first kappa shape index (κ1) is 19.7. The summed E-state index contributed by atoms with van der Waals surface area (Å²) in [5.41, 5.74) is 4.48. The second-order valence-corrected chi connectivity index (χ2v) is 8.56. The molecule has 0 atom stereocenters. The summed E-state index contributed by atoms with van der Waals surface area (Å²) in [5, 5.41) is 4.53. The smallest absolute Gasteiger partial charge is 0.260 e. The lowest BCUT2D eigenvalue weighted by atomic mass is 10.1. The summed E-state index contributed by atoms with van der Waals surface area (Å²) in [7, 11) is -1.61. The molecule has 9 heteroatoms. The minimum atomic E-state index is -3.64. The maximum absolute atomic E-state index is 12.2. The van der Waals surface area contributed by atoms with E-state index in [4.69, 9.17) is 11.6 Å². The van der Waals surface area contributed by atoms with Crippen LogP contribution in [-0.2, 0) is 14.8 Å². The first-order valence-electron chi connectivity index (χ1n) is 7.93. The van der Waals surface area contributed by atoms with Crippen LogP contribution < -0.4 is 9.73 Å². The van der Waals surface area contributed by atoms with Crippen LogP contribution >= 0.6 is 11.6 Å². The fraction of sp³-hybridized carbons (Fsp3) is 0.500. The van der Waals surface area contributed by atoms with Crippen molar-refractivity contribution in [3.8, 4) is 0 Å². The Kier molecular flexibility index (Phi) is 6.42. The number of rotatable bonds is 5. The summed E-state index contributed by atoms with van der Waals surface area (Å²) in [6.07, 6.45) is 2.64. The van der Waals surface area contributed by atoms with Gasteiger partial charge in [-0.2, -0.15) is 5.10 Å². The molecule has 0 bridgehead atoms. The van der Waals surface area contributed by atoms with Gasteiger partial charge in [0.15, 0.2) is 0 Å². The SMILES string of the molecule is Cc1ccc(Cl)cc1N(CC(=O)NN=C1CCN(C)CC1)S(C)(=O)=O. The zero-order chi connectivity index (χ0) is 18.6. The molecule has 138 valence electrons. The van der Waals surface area contributed by atoms with E-state index in [-0.39, 0.29) is 6.54 Å². The number of sulfonamides is 1. The Morgan fingerprint density at radius 1 is 1.36 bits per heavy atom. The minimum absolute atomic E-state index is 0.350. The molecule has 0 spiro atoms. The third kappa shape index (κ3) is 5.69. The largest absolute Gasteiger partial charge is 0.306 e. The van der Waals surface area contributed by atoms with Crippen molar-refractivity contribution in [3.63, 3.8) is 0 Å². The average Bonchev–Trinajstić information content (AvgIpc) is 2.53. The van der Waals surface area contributed by atoms with E-state index in [9.17, 15) is 13.2 Å². The van der Waals surface area contributed by atoms with Crippen LogP contribution in [0, 0.1) is 6.92 Å². The molecule has 1 aliphatic heterocycles. The third-order valence-electron chi connectivity index (χ3n) is 4.03. The number of hydrazone groups is 1. The molecule has 0 aliphatic carbocycles. The summed E-state index contributed by atoms with van der Waals surface area (Å²) in [6.45, 7) is 3.20. The Labute approximate surface area is 153 Å². The lowest BCUT2D eigenvalue weighted by Crippen LogP contribution is -2.40. The van der Waals surface area contributed by atoms with E-state index in [2.05, 4.69) is 15.4 Å². The molecular formula is C16H23ClN4O3S. The van der Waals surface area contributed by atoms with E-state index < -0.39 is 15.9 Å². The Morgan fingerprint density at radius 2 is 2.00 bits per heavy atom. The summed E-state index contributed by atoms with van der Waals surface area (Å²) < 4.78 is 25.3. The van der Waals surface area contributed by atoms with Gasteiger partial charge in [0.1, 0.15) is 6.54 Å². The van der Waals surface area contributed by atoms with Crippen LogP contribution in [0.25, 0.3) is 0 Å². The molecule has 1 aliphatic rings. The Bertz CT molecular complexity index is 770. The van der Waals surface area contributed by atoms with Crippen LogP contribution in [0.4, 0.5) is 5.69 Å². The first-order chi connectivity index (χ1) is 11.7. The third-order valence-corrected chi connectivity index (χ3v) is 5.39. The molecule has 0 saturated carbocycles. The second kappa shape index (κ2) is 8.16. The molecule has 1 N–H and O–H groups in total. The lowest BCUT2D eigenvalue weighted by Gasteiger charge is -2.24. The van der Waals surface area contributed by atoms with Crippen LogP contribution in [0.15, 0.2) is 23.3 Å². The highest BCUT2D eigenvalue weighted by atomic mass is 35.5. The molecule has 1 aromatic carbocycles. The number of hydrogen-bond acceptors (Lipinski definition) is 5. The predicted octanol–water partition coefficient (Wildman–Crippen LogP) is 1.61. The summed E-state index contributed by atoms with van der Waals surface area (Å²) in [5.74, 6) is -0.490. The Balaban J connectivity index is 2.11. The van der Waals surface area contributed by atoms with Crippen LogP contribution in [0.3, 0.4) is 0 Å². The van der Waals surface area contributed by atoms with Gasteiger partial charge in [0.2, 0.25) is 10.0 Å². The van der Waals surface area contributed by atoms with Crippen molar-refractivity contribution in [3.05, 3.63) is 28.8 Å². The van der Waals surface area contributed by atoms with E-state index in [0.717, 1.165) is 42.2 Å². The molecule has 1 heterocycles. The van der Waals surface area contributed by atoms with Crippen molar-refractivity contribution in [1.82, 2.24) is 10.3 Å². The molecule has 1 saturated heterocycles. The quantitative estimate of drug-likeness (QED) is 0.779. The van der Waals surface area contributed by atoms with E-state index in [0.29, 0.717) is 16.3 Å². The number of aryl methyl sites for hydroxylation is 1. The number of carbonyl (C=O) groups excluding carboxylic acids is 1. The molecule has 1 amide bonds. The van der Waals surface area contributed by atoms with Gasteiger partial charge in [-0.3, -0.25) is 9.10 Å². The highest BCUT2D eigenvalue weighted by Gasteiger charge is 2.23. The second-order valence-electron chi connectivity index (χ2n) is 6.22. The van der Waals surface area contributed by atoms with Gasteiger partial charge in [0.05, 0.1) is 11.9 Å². The number of nitrogens with zero attached hydrogens (tertiary/aromatic N) is 3. The number of hydrogen-bond donors (Lipinski definition) is 1. The average molecular weight is 387 g/mol. The molecule has 1 fully saturated rings. The van der Waals surface area contributed by atoms with Crippen molar-refractivity contribution < 1.29 is 13.2 Å². The number of carbonyl (C=O) groups is 1.